The van der Waals surface area contributed by atoms with Gasteiger partial charge >= 0.3 is 5.97 Å². The Morgan fingerprint density at radius 3 is 2.65 bits per heavy atom. The SMILES string of the molecule is CCc1nc2cc3c(cc2n1C(C)C(=O)O)OCCO3. The number of carbonyl (C=O) groups is 1. The average molecular weight is 276 g/mol. The summed E-state index contributed by atoms with van der Waals surface area (Å²) in [5.41, 5.74) is 1.50. The topological polar surface area (TPSA) is 73.6 Å². The van der Waals surface area contributed by atoms with Crippen LogP contribution in [0.2, 0.25) is 0 Å². The van der Waals surface area contributed by atoms with Crippen molar-refractivity contribution in [2.24, 2.45) is 0 Å². The predicted molar refractivity (Wildman–Crippen MR) is 72.4 cm³/mol. The number of hydrogen-bond donors (Lipinski definition) is 1. The van der Waals surface area contributed by atoms with Gasteiger partial charge in [-0.3, -0.25) is 0 Å². The number of imidazole rings is 1. The summed E-state index contributed by atoms with van der Waals surface area (Å²) in [5.74, 6) is 1.18. The smallest absolute Gasteiger partial charge is 0.326 e. The number of hydrogen-bond acceptors (Lipinski definition) is 4. The molecule has 1 unspecified atom stereocenters. The van der Waals surface area contributed by atoms with Crippen LogP contribution in [0, 0.1) is 0 Å². The van der Waals surface area contributed by atoms with E-state index in [1.807, 2.05) is 19.1 Å². The maximum atomic E-state index is 11.3. The summed E-state index contributed by atoms with van der Waals surface area (Å²) in [6, 6.07) is 2.96. The minimum Gasteiger partial charge on any atom is -0.486 e. The van der Waals surface area contributed by atoms with Gasteiger partial charge in [0.2, 0.25) is 0 Å². The van der Waals surface area contributed by atoms with Gasteiger partial charge in [-0.2, -0.15) is 0 Å². The van der Waals surface area contributed by atoms with E-state index in [2.05, 4.69) is 4.98 Å². The number of carboxylic acids is 1. The van der Waals surface area contributed by atoms with Gasteiger partial charge in [-0.15, -0.1) is 0 Å². The van der Waals surface area contributed by atoms with E-state index in [-0.39, 0.29) is 0 Å². The van der Waals surface area contributed by atoms with Gasteiger partial charge in [0.15, 0.2) is 11.5 Å². The highest BCUT2D eigenvalue weighted by molar-refractivity contribution is 5.83. The number of fused-ring (bicyclic) bond motifs is 2. The van der Waals surface area contributed by atoms with Crippen molar-refractivity contribution in [1.82, 2.24) is 9.55 Å². The lowest BCUT2D eigenvalue weighted by Gasteiger charge is -2.19. The van der Waals surface area contributed by atoms with Crippen LogP contribution in [-0.4, -0.2) is 33.8 Å². The second kappa shape index (κ2) is 4.70. The molecule has 3 rings (SSSR count). The highest BCUT2D eigenvalue weighted by Gasteiger charge is 2.23. The number of aryl methyl sites for hydroxylation is 1. The van der Waals surface area contributed by atoms with Gasteiger partial charge in [0.1, 0.15) is 25.1 Å². The van der Waals surface area contributed by atoms with Gasteiger partial charge < -0.3 is 19.1 Å². The maximum Gasteiger partial charge on any atom is 0.326 e. The predicted octanol–water partition coefficient (Wildman–Crippen LogP) is 2.02. The lowest BCUT2D eigenvalue weighted by Crippen LogP contribution is -2.18. The number of carboxylic acid groups (broad SMARTS) is 1. The maximum absolute atomic E-state index is 11.3. The Morgan fingerprint density at radius 1 is 1.40 bits per heavy atom. The number of aromatic nitrogens is 2. The fourth-order valence-corrected chi connectivity index (χ4v) is 2.47. The molecule has 6 heteroatoms. The number of rotatable bonds is 3. The van der Waals surface area contributed by atoms with Crippen molar-refractivity contribution < 1.29 is 19.4 Å². The first-order valence-electron chi connectivity index (χ1n) is 6.65. The van der Waals surface area contributed by atoms with Crippen LogP contribution in [0.15, 0.2) is 12.1 Å². The molecule has 0 saturated carbocycles. The van der Waals surface area contributed by atoms with Crippen molar-refractivity contribution >= 4 is 17.0 Å². The van der Waals surface area contributed by atoms with Crippen LogP contribution < -0.4 is 9.47 Å². The lowest BCUT2D eigenvalue weighted by molar-refractivity contribution is -0.140. The Bertz CT molecular complexity index is 677. The molecule has 1 aromatic carbocycles. The highest BCUT2D eigenvalue weighted by atomic mass is 16.6. The Balaban J connectivity index is 2.23. The zero-order valence-corrected chi connectivity index (χ0v) is 11.4. The molecule has 0 aliphatic carbocycles. The molecule has 0 fully saturated rings. The van der Waals surface area contributed by atoms with Gasteiger partial charge in [-0.1, -0.05) is 6.92 Å². The molecule has 0 radical (unpaired) electrons. The number of benzene rings is 1. The summed E-state index contributed by atoms with van der Waals surface area (Å²) in [4.78, 5) is 15.8. The Labute approximate surface area is 115 Å². The molecule has 106 valence electrons. The van der Waals surface area contributed by atoms with E-state index in [0.717, 1.165) is 16.9 Å². The van der Waals surface area contributed by atoms with Crippen molar-refractivity contribution in [3.05, 3.63) is 18.0 Å². The van der Waals surface area contributed by atoms with E-state index in [4.69, 9.17) is 9.47 Å². The van der Waals surface area contributed by atoms with Crippen LogP contribution in [0.5, 0.6) is 11.5 Å². The number of ether oxygens (including phenoxy) is 2. The van der Waals surface area contributed by atoms with Gasteiger partial charge in [0, 0.05) is 18.6 Å². The molecular weight excluding hydrogens is 260 g/mol. The summed E-state index contributed by atoms with van der Waals surface area (Å²) in [5, 5.41) is 9.27. The Morgan fingerprint density at radius 2 is 2.05 bits per heavy atom. The molecule has 2 aromatic rings. The Hall–Kier alpha value is -2.24. The first-order chi connectivity index (χ1) is 9.61. The molecule has 0 bridgehead atoms. The Kier molecular flexibility index (Phi) is 3.00. The van der Waals surface area contributed by atoms with Crippen molar-refractivity contribution in [3.63, 3.8) is 0 Å². The summed E-state index contributed by atoms with van der Waals surface area (Å²) in [6.07, 6.45) is 0.665. The van der Waals surface area contributed by atoms with Crippen LogP contribution in [0.25, 0.3) is 11.0 Å². The molecule has 2 heterocycles. The number of aliphatic carboxylic acids is 1. The summed E-state index contributed by atoms with van der Waals surface area (Å²) in [7, 11) is 0. The first kappa shape index (κ1) is 12.8. The second-order valence-corrected chi connectivity index (χ2v) is 4.75. The highest BCUT2D eigenvalue weighted by Crippen LogP contribution is 2.35. The molecule has 1 atom stereocenters. The minimum absolute atomic E-state index is 0.502. The quantitative estimate of drug-likeness (QED) is 0.928. The van der Waals surface area contributed by atoms with E-state index in [1.165, 1.54) is 0 Å². The van der Waals surface area contributed by atoms with Crippen molar-refractivity contribution in [2.75, 3.05) is 13.2 Å². The third kappa shape index (κ3) is 1.88. The van der Waals surface area contributed by atoms with Gasteiger partial charge in [0.05, 0.1) is 11.0 Å². The normalized spacial score (nSPS) is 15.3. The fourth-order valence-electron chi connectivity index (χ4n) is 2.47. The molecule has 20 heavy (non-hydrogen) atoms. The van der Waals surface area contributed by atoms with E-state index >= 15 is 0 Å². The van der Waals surface area contributed by atoms with Gasteiger partial charge in [-0.25, -0.2) is 9.78 Å². The van der Waals surface area contributed by atoms with Crippen LogP contribution >= 0.6 is 0 Å². The number of nitrogens with zero attached hydrogens (tertiary/aromatic N) is 2. The van der Waals surface area contributed by atoms with Crippen molar-refractivity contribution in [3.8, 4) is 11.5 Å². The van der Waals surface area contributed by atoms with Crippen LogP contribution in [0.4, 0.5) is 0 Å². The van der Waals surface area contributed by atoms with E-state index < -0.39 is 12.0 Å². The zero-order chi connectivity index (χ0) is 14.3. The molecule has 1 aromatic heterocycles. The fraction of sp³-hybridized carbons (Fsp3) is 0.429. The molecule has 0 amide bonds. The molecule has 1 N–H and O–H groups in total. The molecule has 1 aliphatic rings. The van der Waals surface area contributed by atoms with Gasteiger partial charge in [-0.05, 0) is 6.92 Å². The molecule has 6 nitrogen and oxygen atoms in total. The summed E-state index contributed by atoms with van der Waals surface area (Å²) in [6.45, 7) is 4.63. The molecule has 0 spiro atoms. The molecular formula is C14H16N2O4. The minimum atomic E-state index is -0.881. The zero-order valence-electron chi connectivity index (χ0n) is 11.4. The second-order valence-electron chi connectivity index (χ2n) is 4.75. The standard InChI is InChI=1S/C14H16N2O4/c1-3-13-15-9-6-11-12(20-5-4-19-11)7-10(9)16(13)8(2)14(17)18/h6-8H,3-5H2,1-2H3,(H,17,18). The average Bonchev–Trinajstić information content (AvgIpc) is 2.81. The molecule has 1 aliphatic heterocycles. The van der Waals surface area contributed by atoms with Crippen LogP contribution in [-0.2, 0) is 11.2 Å². The van der Waals surface area contributed by atoms with E-state index in [9.17, 15) is 9.90 Å². The summed E-state index contributed by atoms with van der Waals surface area (Å²) >= 11 is 0. The monoisotopic (exact) mass is 276 g/mol. The van der Waals surface area contributed by atoms with E-state index in [1.54, 1.807) is 11.5 Å². The van der Waals surface area contributed by atoms with Crippen LogP contribution in [0.3, 0.4) is 0 Å². The third-order valence-electron chi connectivity index (χ3n) is 3.49. The van der Waals surface area contributed by atoms with Gasteiger partial charge in [0.25, 0.3) is 0 Å². The first-order valence-corrected chi connectivity index (χ1v) is 6.65. The largest absolute Gasteiger partial charge is 0.486 e. The van der Waals surface area contributed by atoms with E-state index in [0.29, 0.717) is 31.1 Å². The molecule has 0 saturated heterocycles. The third-order valence-corrected chi connectivity index (χ3v) is 3.49. The van der Waals surface area contributed by atoms with Crippen molar-refractivity contribution in [1.29, 1.82) is 0 Å². The van der Waals surface area contributed by atoms with Crippen molar-refractivity contribution in [2.45, 2.75) is 26.3 Å². The lowest BCUT2D eigenvalue weighted by atomic mass is 10.2. The van der Waals surface area contributed by atoms with Crippen LogP contribution in [0.1, 0.15) is 25.7 Å². The summed E-state index contributed by atoms with van der Waals surface area (Å²) < 4.78 is 12.8.